The van der Waals surface area contributed by atoms with Gasteiger partial charge in [-0.2, -0.15) is 0 Å². The van der Waals surface area contributed by atoms with E-state index in [-0.39, 0.29) is 23.8 Å². The Kier molecular flexibility index (Phi) is 10.2. The van der Waals surface area contributed by atoms with E-state index in [1.807, 2.05) is 26.8 Å². The predicted molar refractivity (Wildman–Crippen MR) is 138 cm³/mol. The van der Waals surface area contributed by atoms with E-state index in [0.717, 1.165) is 18.8 Å². The summed E-state index contributed by atoms with van der Waals surface area (Å²) < 4.78 is 50.0. The molecular formula is C25H35N3O7S. The van der Waals surface area contributed by atoms with Crippen LogP contribution in [0.3, 0.4) is 0 Å². The van der Waals surface area contributed by atoms with E-state index in [2.05, 4.69) is 14.9 Å². The first-order chi connectivity index (χ1) is 17.4. The zero-order chi connectivity index (χ0) is 26.0. The van der Waals surface area contributed by atoms with Crippen LogP contribution in [0.5, 0.6) is 17.2 Å². The number of nitrogens with one attached hydrogen (secondary N) is 2. The summed E-state index contributed by atoms with van der Waals surface area (Å²) in [5, 5.41) is 2.83. The number of sulfonamides is 1. The molecule has 10 nitrogen and oxygen atoms in total. The monoisotopic (exact) mass is 521 g/mol. The smallest absolute Gasteiger partial charge is 0.240 e. The van der Waals surface area contributed by atoms with Gasteiger partial charge in [-0.25, -0.2) is 13.1 Å². The van der Waals surface area contributed by atoms with Crippen molar-refractivity contribution in [2.45, 2.75) is 32.1 Å². The number of hydrogen-bond donors (Lipinski definition) is 2. The molecule has 0 spiro atoms. The summed E-state index contributed by atoms with van der Waals surface area (Å²) in [5.41, 5.74) is 1.35. The lowest BCUT2D eigenvalue weighted by molar-refractivity contribution is -0.116. The first-order valence-electron chi connectivity index (χ1n) is 12.2. The van der Waals surface area contributed by atoms with Crippen molar-refractivity contribution >= 4 is 27.3 Å². The summed E-state index contributed by atoms with van der Waals surface area (Å²) in [6, 6.07) is 9.73. The molecule has 1 amide bonds. The quantitative estimate of drug-likeness (QED) is 0.413. The summed E-state index contributed by atoms with van der Waals surface area (Å²) in [7, 11) is -3.76. The highest BCUT2D eigenvalue weighted by Crippen LogP contribution is 2.39. The summed E-state index contributed by atoms with van der Waals surface area (Å²) in [5.74, 6) is 1.39. The number of rotatable bonds is 13. The Morgan fingerprint density at radius 2 is 1.58 bits per heavy atom. The molecule has 11 heteroatoms. The number of carbonyl (C=O) groups excluding carboxylic acids is 1. The molecule has 0 saturated carbocycles. The second-order valence-corrected chi connectivity index (χ2v) is 9.65. The third-order valence-electron chi connectivity index (χ3n) is 5.38. The van der Waals surface area contributed by atoms with Gasteiger partial charge in [-0.1, -0.05) is 0 Å². The topological polar surface area (TPSA) is 115 Å². The molecule has 0 radical (unpaired) electrons. The second kappa shape index (κ2) is 13.3. The molecule has 1 saturated heterocycles. The van der Waals surface area contributed by atoms with Gasteiger partial charge in [0.25, 0.3) is 0 Å². The molecule has 1 heterocycles. The minimum absolute atomic E-state index is 0.0585. The molecule has 2 aromatic rings. The molecule has 0 unspecified atom stereocenters. The minimum atomic E-state index is -3.76. The van der Waals surface area contributed by atoms with E-state index in [4.69, 9.17) is 18.9 Å². The number of carbonyl (C=O) groups is 1. The third-order valence-corrected chi connectivity index (χ3v) is 6.85. The van der Waals surface area contributed by atoms with E-state index in [1.54, 1.807) is 18.2 Å². The minimum Gasteiger partial charge on any atom is -0.494 e. The Labute approximate surface area is 212 Å². The van der Waals surface area contributed by atoms with Gasteiger partial charge in [0, 0.05) is 38.2 Å². The lowest BCUT2D eigenvalue weighted by atomic mass is 10.2. The van der Waals surface area contributed by atoms with Crippen molar-refractivity contribution in [2.75, 3.05) is 62.9 Å². The zero-order valence-corrected chi connectivity index (χ0v) is 21.9. The average Bonchev–Trinajstić information content (AvgIpc) is 2.87. The summed E-state index contributed by atoms with van der Waals surface area (Å²) in [4.78, 5) is 14.9. The lowest BCUT2D eigenvalue weighted by Crippen LogP contribution is -2.36. The van der Waals surface area contributed by atoms with Crippen LogP contribution in [0.1, 0.15) is 27.2 Å². The SMILES string of the molecule is CCOc1ccc(S(=O)(=O)NCCC(=O)Nc2cc(OCC)c(N3CCOCC3)cc2OCC)cc1. The van der Waals surface area contributed by atoms with Crippen LogP contribution >= 0.6 is 0 Å². The van der Waals surface area contributed by atoms with Gasteiger partial charge in [-0.15, -0.1) is 0 Å². The number of anilines is 2. The number of amides is 1. The molecular weight excluding hydrogens is 486 g/mol. The first-order valence-corrected chi connectivity index (χ1v) is 13.6. The first kappa shape index (κ1) is 27.6. The van der Waals surface area contributed by atoms with E-state index >= 15 is 0 Å². The molecule has 0 aliphatic carbocycles. The number of morpholine rings is 1. The molecule has 198 valence electrons. The average molecular weight is 522 g/mol. The van der Waals surface area contributed by atoms with Gasteiger partial charge in [0.1, 0.15) is 17.2 Å². The van der Waals surface area contributed by atoms with Crippen molar-refractivity contribution in [3.05, 3.63) is 36.4 Å². The molecule has 0 bridgehead atoms. The van der Waals surface area contributed by atoms with Crippen molar-refractivity contribution < 1.29 is 32.2 Å². The van der Waals surface area contributed by atoms with Crippen molar-refractivity contribution in [1.82, 2.24) is 4.72 Å². The predicted octanol–water partition coefficient (Wildman–Crippen LogP) is 3.03. The van der Waals surface area contributed by atoms with Gasteiger partial charge >= 0.3 is 0 Å². The van der Waals surface area contributed by atoms with E-state index in [0.29, 0.717) is 56.0 Å². The number of benzene rings is 2. The second-order valence-electron chi connectivity index (χ2n) is 7.88. The van der Waals surface area contributed by atoms with Crippen molar-refractivity contribution in [3.8, 4) is 17.2 Å². The van der Waals surface area contributed by atoms with Gasteiger partial charge in [-0.3, -0.25) is 4.79 Å². The molecule has 1 aliphatic rings. The standard InChI is InChI=1S/C25H35N3O7S/c1-4-33-19-7-9-20(10-8-19)36(30,31)26-12-11-25(29)27-21-17-24(35-6-3)22(18-23(21)34-5-2)28-13-15-32-16-14-28/h7-10,17-18,26H,4-6,11-16H2,1-3H3,(H,27,29). The molecule has 2 N–H and O–H groups in total. The summed E-state index contributed by atoms with van der Waals surface area (Å²) >= 11 is 0. The molecule has 1 fully saturated rings. The van der Waals surface area contributed by atoms with Gasteiger partial charge in [-0.05, 0) is 45.0 Å². The van der Waals surface area contributed by atoms with Gasteiger partial charge in [0.05, 0.1) is 49.3 Å². The maximum absolute atomic E-state index is 12.7. The van der Waals surface area contributed by atoms with Crippen LogP contribution in [0, 0.1) is 0 Å². The normalized spacial score (nSPS) is 13.8. The number of hydrogen-bond acceptors (Lipinski definition) is 8. The summed E-state index contributed by atoms with van der Waals surface area (Å²) in [6.45, 7) is 9.64. The van der Waals surface area contributed by atoms with Crippen LogP contribution < -0.4 is 29.1 Å². The fraction of sp³-hybridized carbons (Fsp3) is 0.480. The molecule has 0 atom stereocenters. The highest BCUT2D eigenvalue weighted by Gasteiger charge is 2.21. The van der Waals surface area contributed by atoms with E-state index in [1.165, 1.54) is 12.1 Å². The molecule has 2 aromatic carbocycles. The lowest BCUT2D eigenvalue weighted by Gasteiger charge is -2.31. The highest BCUT2D eigenvalue weighted by atomic mass is 32.2. The molecule has 0 aromatic heterocycles. The zero-order valence-electron chi connectivity index (χ0n) is 21.0. The van der Waals surface area contributed by atoms with Crippen LogP contribution in [0.4, 0.5) is 11.4 Å². The maximum Gasteiger partial charge on any atom is 0.240 e. The van der Waals surface area contributed by atoms with Gasteiger partial charge in [0.15, 0.2) is 0 Å². The summed E-state index contributed by atoms with van der Waals surface area (Å²) in [6.07, 6.45) is -0.0585. The van der Waals surface area contributed by atoms with E-state index < -0.39 is 10.0 Å². The van der Waals surface area contributed by atoms with Crippen LogP contribution in [-0.4, -0.2) is 67.0 Å². The maximum atomic E-state index is 12.7. The Morgan fingerprint density at radius 1 is 0.944 bits per heavy atom. The third kappa shape index (κ3) is 7.49. The Morgan fingerprint density at radius 3 is 2.22 bits per heavy atom. The molecule has 36 heavy (non-hydrogen) atoms. The highest BCUT2D eigenvalue weighted by molar-refractivity contribution is 7.89. The Hall–Kier alpha value is -3.02. The Bertz CT molecular complexity index is 1100. The van der Waals surface area contributed by atoms with Crippen LogP contribution in [0.15, 0.2) is 41.3 Å². The van der Waals surface area contributed by atoms with Gasteiger partial charge in [0.2, 0.25) is 15.9 Å². The van der Waals surface area contributed by atoms with Gasteiger partial charge < -0.3 is 29.2 Å². The van der Waals surface area contributed by atoms with Crippen LogP contribution in [0.25, 0.3) is 0 Å². The molecule has 3 rings (SSSR count). The van der Waals surface area contributed by atoms with Crippen molar-refractivity contribution in [2.24, 2.45) is 0 Å². The van der Waals surface area contributed by atoms with Crippen LogP contribution in [-0.2, 0) is 19.6 Å². The number of nitrogens with zero attached hydrogens (tertiary/aromatic N) is 1. The fourth-order valence-electron chi connectivity index (χ4n) is 3.72. The largest absolute Gasteiger partial charge is 0.494 e. The molecule has 1 aliphatic heterocycles. The van der Waals surface area contributed by atoms with Crippen molar-refractivity contribution in [3.63, 3.8) is 0 Å². The Balaban J connectivity index is 1.66. The fourth-order valence-corrected chi connectivity index (χ4v) is 4.75. The number of ether oxygens (including phenoxy) is 4. The van der Waals surface area contributed by atoms with E-state index in [9.17, 15) is 13.2 Å². The van der Waals surface area contributed by atoms with Crippen molar-refractivity contribution in [1.29, 1.82) is 0 Å². The van der Waals surface area contributed by atoms with Crippen LogP contribution in [0.2, 0.25) is 0 Å².